The molecule has 2 atom stereocenters. The molecule has 0 heterocycles. The summed E-state index contributed by atoms with van der Waals surface area (Å²) < 4.78 is 5.42. The zero-order chi connectivity index (χ0) is 26.2. The van der Waals surface area contributed by atoms with Crippen LogP contribution in [0.25, 0.3) is 0 Å². The molecular weight excluding hydrogens is 440 g/mol. The topological polar surface area (TPSA) is 138 Å². The van der Waals surface area contributed by atoms with Crippen LogP contribution in [0.1, 0.15) is 124 Å². The molecule has 2 unspecified atom stereocenters. The van der Waals surface area contributed by atoms with Crippen molar-refractivity contribution in [3.05, 3.63) is 0 Å². The van der Waals surface area contributed by atoms with Crippen LogP contribution in [0.15, 0.2) is 0 Å². The van der Waals surface area contributed by atoms with Crippen molar-refractivity contribution in [1.29, 1.82) is 0 Å². The number of carboxylic acids is 3. The minimum Gasteiger partial charge on any atom is -0.481 e. The van der Waals surface area contributed by atoms with Crippen molar-refractivity contribution in [3.63, 3.8) is 0 Å². The zero-order valence-electron chi connectivity index (χ0n) is 21.6. The third-order valence-corrected chi connectivity index (χ3v) is 6.79. The number of aliphatic carboxylic acids is 3. The van der Waals surface area contributed by atoms with Crippen molar-refractivity contribution >= 4 is 23.9 Å². The van der Waals surface area contributed by atoms with Crippen LogP contribution in [-0.2, 0) is 23.9 Å². The van der Waals surface area contributed by atoms with Crippen LogP contribution in [0.4, 0.5) is 0 Å². The molecule has 0 spiro atoms. The van der Waals surface area contributed by atoms with Gasteiger partial charge in [-0.25, -0.2) is 4.79 Å². The molecule has 0 aliphatic rings. The maximum atomic E-state index is 12.9. The lowest BCUT2D eigenvalue weighted by molar-refractivity contribution is -0.220. The van der Waals surface area contributed by atoms with Crippen LogP contribution >= 0.6 is 0 Å². The molecule has 198 valence electrons. The molecule has 8 nitrogen and oxygen atoms in total. The van der Waals surface area contributed by atoms with Gasteiger partial charge in [0.25, 0.3) is 0 Å². The molecule has 0 radical (unpaired) electrons. The van der Waals surface area contributed by atoms with Gasteiger partial charge in [-0.3, -0.25) is 14.4 Å². The molecule has 0 fully saturated rings. The number of rotatable bonds is 21. The van der Waals surface area contributed by atoms with E-state index in [-0.39, 0.29) is 19.3 Å². The largest absolute Gasteiger partial charge is 0.481 e. The molecular formula is C26H46O8. The second-order valence-corrected chi connectivity index (χ2v) is 9.38. The average molecular weight is 487 g/mol. The van der Waals surface area contributed by atoms with Gasteiger partial charge in [0.15, 0.2) is 0 Å². The third kappa shape index (κ3) is 8.58. The van der Waals surface area contributed by atoms with Gasteiger partial charge in [-0.05, 0) is 19.3 Å². The maximum Gasteiger partial charge on any atom is 0.350 e. The minimum atomic E-state index is -2.69. The van der Waals surface area contributed by atoms with E-state index in [2.05, 4.69) is 0 Å². The fourth-order valence-corrected chi connectivity index (χ4v) is 4.98. The Morgan fingerprint density at radius 2 is 1.12 bits per heavy atom. The van der Waals surface area contributed by atoms with Crippen molar-refractivity contribution < 1.29 is 39.2 Å². The predicted molar refractivity (Wildman–Crippen MR) is 130 cm³/mol. The number of esters is 1. The Kier molecular flexibility index (Phi) is 15.5. The van der Waals surface area contributed by atoms with E-state index in [9.17, 15) is 34.5 Å². The fraction of sp³-hybridized carbons (Fsp3) is 0.846. The van der Waals surface area contributed by atoms with Gasteiger partial charge in [0.05, 0.1) is 0 Å². The predicted octanol–water partition coefficient (Wildman–Crippen LogP) is 6.06. The van der Waals surface area contributed by atoms with Crippen molar-refractivity contribution in [2.24, 2.45) is 11.3 Å². The molecule has 0 aromatic heterocycles. The highest BCUT2D eigenvalue weighted by atomic mass is 16.6. The van der Waals surface area contributed by atoms with E-state index in [0.29, 0.717) is 38.5 Å². The quantitative estimate of drug-likeness (QED) is 0.131. The maximum absolute atomic E-state index is 12.9. The summed E-state index contributed by atoms with van der Waals surface area (Å²) in [6.45, 7) is 7.02. The first-order valence-electron chi connectivity index (χ1n) is 13.0. The highest BCUT2D eigenvalue weighted by molar-refractivity contribution is 5.95. The second-order valence-electron chi connectivity index (χ2n) is 9.38. The lowest BCUT2D eigenvalue weighted by Gasteiger charge is -2.47. The summed E-state index contributed by atoms with van der Waals surface area (Å²) in [6, 6.07) is 0. The molecule has 0 rings (SSSR count). The third-order valence-electron chi connectivity index (χ3n) is 6.79. The Hall–Kier alpha value is -2.12. The first-order valence-corrected chi connectivity index (χ1v) is 13.0. The Bertz CT molecular complexity index is 633. The van der Waals surface area contributed by atoms with Gasteiger partial charge in [0.1, 0.15) is 11.3 Å². The minimum absolute atomic E-state index is 0.0627. The summed E-state index contributed by atoms with van der Waals surface area (Å²) in [4.78, 5) is 50.5. The number of hydrogen-bond acceptors (Lipinski definition) is 5. The van der Waals surface area contributed by atoms with Crippen LogP contribution in [-0.4, -0.2) is 44.8 Å². The number of hydrogen-bond donors (Lipinski definition) is 3. The molecule has 0 aromatic carbocycles. The molecule has 0 aliphatic heterocycles. The second kappa shape index (κ2) is 16.5. The smallest absolute Gasteiger partial charge is 0.350 e. The van der Waals surface area contributed by atoms with Gasteiger partial charge in [-0.2, -0.15) is 0 Å². The number of unbranched alkanes of at least 4 members (excludes halogenated alkanes) is 9. The molecule has 0 saturated carbocycles. The summed E-state index contributed by atoms with van der Waals surface area (Å²) in [6.07, 6.45) is 8.32. The summed E-state index contributed by atoms with van der Waals surface area (Å²) in [5.41, 5.74) is -4.74. The summed E-state index contributed by atoms with van der Waals surface area (Å²) >= 11 is 0. The van der Waals surface area contributed by atoms with Crippen LogP contribution in [0, 0.1) is 11.3 Å². The number of carboxylic acid groups (broad SMARTS) is 3. The van der Waals surface area contributed by atoms with Gasteiger partial charge in [-0.1, -0.05) is 97.8 Å². The molecule has 3 N–H and O–H groups in total. The van der Waals surface area contributed by atoms with Gasteiger partial charge in [-0.15, -0.1) is 0 Å². The number of carbonyl (C=O) groups is 4. The monoisotopic (exact) mass is 486 g/mol. The standard InChI is InChI=1S/C26H46O8/c1-5-8-11-14-17-21(22(28)29)26(24(32)33,34-20(4)27)25(23(30)31,18-15-12-9-6-2)19-16-13-10-7-3/h21H,5-19H2,1-4H3,(H,28,29)(H,30,31)(H,32,33). The first-order chi connectivity index (χ1) is 16.1. The number of carbonyl (C=O) groups excluding carboxylic acids is 1. The fourth-order valence-electron chi connectivity index (χ4n) is 4.98. The zero-order valence-corrected chi connectivity index (χ0v) is 21.6. The van der Waals surface area contributed by atoms with Crippen LogP contribution in [0.2, 0.25) is 0 Å². The Balaban J connectivity index is 6.77. The van der Waals surface area contributed by atoms with E-state index in [1.807, 2.05) is 20.8 Å². The number of ether oxygens (including phenoxy) is 1. The Morgan fingerprint density at radius 3 is 1.44 bits per heavy atom. The van der Waals surface area contributed by atoms with E-state index in [4.69, 9.17) is 4.74 Å². The molecule has 0 aliphatic carbocycles. The normalized spacial score (nSPS) is 14.2. The summed E-state index contributed by atoms with van der Waals surface area (Å²) in [7, 11) is 0. The molecule has 0 saturated heterocycles. The van der Waals surface area contributed by atoms with Gasteiger partial charge in [0.2, 0.25) is 5.60 Å². The lowest BCUT2D eigenvalue weighted by atomic mass is 9.59. The molecule has 0 amide bonds. The van der Waals surface area contributed by atoms with E-state index >= 15 is 0 Å². The van der Waals surface area contributed by atoms with Crippen LogP contribution < -0.4 is 0 Å². The summed E-state index contributed by atoms with van der Waals surface area (Å²) in [5.74, 6) is -7.22. The van der Waals surface area contributed by atoms with Crippen LogP contribution in [0.3, 0.4) is 0 Å². The van der Waals surface area contributed by atoms with Gasteiger partial charge < -0.3 is 20.1 Å². The van der Waals surface area contributed by atoms with Crippen LogP contribution in [0.5, 0.6) is 0 Å². The molecule has 8 heteroatoms. The Labute approximate surface area is 204 Å². The SMILES string of the molecule is CCCCCCC(C(=O)O)C(OC(C)=O)(C(=O)O)C(CCCCCC)(CCCCCC)C(=O)O. The average Bonchev–Trinajstić information content (AvgIpc) is 2.76. The first kappa shape index (κ1) is 31.9. The molecule has 0 aromatic rings. The highest BCUT2D eigenvalue weighted by Crippen LogP contribution is 2.50. The van der Waals surface area contributed by atoms with Gasteiger partial charge >= 0.3 is 23.9 Å². The van der Waals surface area contributed by atoms with Crippen molar-refractivity contribution in [2.75, 3.05) is 0 Å². The van der Waals surface area contributed by atoms with E-state index in [0.717, 1.165) is 45.4 Å². The highest BCUT2D eigenvalue weighted by Gasteiger charge is 2.69. The molecule has 34 heavy (non-hydrogen) atoms. The van der Waals surface area contributed by atoms with Crippen molar-refractivity contribution in [3.8, 4) is 0 Å². The lowest BCUT2D eigenvalue weighted by Crippen LogP contribution is -2.66. The van der Waals surface area contributed by atoms with Gasteiger partial charge in [0, 0.05) is 6.92 Å². The van der Waals surface area contributed by atoms with E-state index in [1.54, 1.807) is 0 Å². The van der Waals surface area contributed by atoms with Crippen molar-refractivity contribution in [1.82, 2.24) is 0 Å². The van der Waals surface area contributed by atoms with Crippen molar-refractivity contribution in [2.45, 2.75) is 130 Å². The van der Waals surface area contributed by atoms with E-state index in [1.165, 1.54) is 0 Å². The summed E-state index contributed by atoms with van der Waals surface area (Å²) in [5, 5.41) is 31.2. The van der Waals surface area contributed by atoms with E-state index < -0.39 is 40.8 Å². The molecule has 0 bridgehead atoms. The Morgan fingerprint density at radius 1 is 0.676 bits per heavy atom.